The fourth-order valence-electron chi connectivity index (χ4n) is 3.07. The van der Waals surface area contributed by atoms with Gasteiger partial charge in [0.25, 0.3) is 0 Å². The first-order valence-corrected chi connectivity index (χ1v) is 6.16. The van der Waals surface area contributed by atoms with Crippen molar-refractivity contribution in [2.45, 2.75) is 47.1 Å². The van der Waals surface area contributed by atoms with Gasteiger partial charge in [-0.3, -0.25) is 0 Å². The van der Waals surface area contributed by atoms with Crippen LogP contribution in [0.15, 0.2) is 16.5 Å². The van der Waals surface area contributed by atoms with Crippen LogP contribution in [0, 0.1) is 16.7 Å². The summed E-state index contributed by atoms with van der Waals surface area (Å²) in [5.41, 5.74) is 6.95. The Hall–Kier alpha value is -0.760. The lowest BCUT2D eigenvalue weighted by atomic mass is 10.0. The van der Waals surface area contributed by atoms with Gasteiger partial charge in [-0.15, -0.1) is 0 Å². The molecule has 0 amide bonds. The fourth-order valence-corrected chi connectivity index (χ4v) is 3.07. The van der Waals surface area contributed by atoms with Crippen LogP contribution in [0.1, 0.15) is 52.2 Å². The molecule has 1 aliphatic carbocycles. The quantitative estimate of drug-likeness (QED) is 0.848. The SMILES string of the molecule is CCc1ccc(C(N)C2C(C)(C)C2(C)C)o1. The number of furan rings is 1. The first-order valence-electron chi connectivity index (χ1n) is 6.16. The molecule has 0 saturated heterocycles. The smallest absolute Gasteiger partial charge is 0.121 e. The number of rotatable bonds is 3. The summed E-state index contributed by atoms with van der Waals surface area (Å²) in [5.74, 6) is 2.48. The average Bonchev–Trinajstić information content (AvgIpc) is 2.59. The molecule has 1 atom stereocenters. The van der Waals surface area contributed by atoms with Gasteiger partial charge in [-0.25, -0.2) is 0 Å². The van der Waals surface area contributed by atoms with E-state index in [0.717, 1.165) is 17.9 Å². The third kappa shape index (κ3) is 1.43. The minimum atomic E-state index is 0.0327. The van der Waals surface area contributed by atoms with Crippen molar-refractivity contribution >= 4 is 0 Å². The lowest BCUT2D eigenvalue weighted by Crippen LogP contribution is -2.15. The van der Waals surface area contributed by atoms with Crippen LogP contribution in [0.3, 0.4) is 0 Å². The van der Waals surface area contributed by atoms with E-state index in [1.807, 2.05) is 12.1 Å². The van der Waals surface area contributed by atoms with E-state index in [0.29, 0.717) is 16.7 Å². The molecule has 0 spiro atoms. The lowest BCUT2D eigenvalue weighted by Gasteiger charge is -2.10. The number of hydrogen-bond acceptors (Lipinski definition) is 2. The Morgan fingerprint density at radius 3 is 2.19 bits per heavy atom. The Bertz CT molecular complexity index is 375. The molecule has 90 valence electrons. The Kier molecular flexibility index (Phi) is 2.46. The largest absolute Gasteiger partial charge is 0.464 e. The molecule has 0 aliphatic heterocycles. The highest BCUT2D eigenvalue weighted by Crippen LogP contribution is 2.71. The van der Waals surface area contributed by atoms with E-state index in [4.69, 9.17) is 10.2 Å². The zero-order valence-corrected chi connectivity index (χ0v) is 11.0. The summed E-state index contributed by atoms with van der Waals surface area (Å²) in [6.07, 6.45) is 0.935. The van der Waals surface area contributed by atoms with Crippen LogP contribution >= 0.6 is 0 Å². The van der Waals surface area contributed by atoms with E-state index in [9.17, 15) is 0 Å². The van der Waals surface area contributed by atoms with Crippen molar-refractivity contribution in [1.82, 2.24) is 0 Å². The molecular formula is C14H23NO. The van der Waals surface area contributed by atoms with E-state index < -0.39 is 0 Å². The zero-order chi connectivity index (χ0) is 12.1. The molecule has 1 aromatic heterocycles. The lowest BCUT2D eigenvalue weighted by molar-refractivity contribution is 0.384. The molecule has 1 unspecified atom stereocenters. The molecule has 1 heterocycles. The molecule has 1 aliphatic rings. The summed E-state index contributed by atoms with van der Waals surface area (Å²) in [7, 11) is 0. The third-order valence-electron chi connectivity index (χ3n) is 4.85. The minimum Gasteiger partial charge on any atom is -0.464 e. The average molecular weight is 221 g/mol. The summed E-state index contributed by atoms with van der Waals surface area (Å²) in [6, 6.07) is 4.11. The Balaban J connectivity index is 2.18. The van der Waals surface area contributed by atoms with Gasteiger partial charge in [0.05, 0.1) is 6.04 Å². The summed E-state index contributed by atoms with van der Waals surface area (Å²) < 4.78 is 5.76. The van der Waals surface area contributed by atoms with Gasteiger partial charge in [-0.05, 0) is 28.9 Å². The van der Waals surface area contributed by atoms with Crippen LogP contribution in [0.25, 0.3) is 0 Å². The molecular weight excluding hydrogens is 198 g/mol. The number of aryl methyl sites for hydroxylation is 1. The maximum Gasteiger partial charge on any atom is 0.121 e. The van der Waals surface area contributed by atoms with E-state index in [1.165, 1.54) is 0 Å². The normalized spacial score (nSPS) is 24.4. The van der Waals surface area contributed by atoms with Gasteiger partial charge in [-0.1, -0.05) is 34.6 Å². The molecule has 0 bridgehead atoms. The van der Waals surface area contributed by atoms with Crippen molar-refractivity contribution < 1.29 is 4.42 Å². The Morgan fingerprint density at radius 2 is 1.81 bits per heavy atom. The minimum absolute atomic E-state index is 0.0327. The highest BCUT2D eigenvalue weighted by atomic mass is 16.3. The van der Waals surface area contributed by atoms with E-state index in [2.05, 4.69) is 34.6 Å². The molecule has 1 fully saturated rings. The topological polar surface area (TPSA) is 39.2 Å². The maximum atomic E-state index is 6.33. The highest BCUT2D eigenvalue weighted by molar-refractivity contribution is 5.22. The Morgan fingerprint density at radius 1 is 1.25 bits per heavy atom. The molecule has 0 aromatic carbocycles. The van der Waals surface area contributed by atoms with E-state index in [1.54, 1.807) is 0 Å². The van der Waals surface area contributed by atoms with Gasteiger partial charge in [-0.2, -0.15) is 0 Å². The summed E-state index contributed by atoms with van der Waals surface area (Å²) >= 11 is 0. The van der Waals surface area contributed by atoms with Gasteiger partial charge in [0, 0.05) is 6.42 Å². The predicted molar refractivity (Wildman–Crippen MR) is 66.1 cm³/mol. The van der Waals surface area contributed by atoms with Crippen molar-refractivity contribution in [1.29, 1.82) is 0 Å². The second-order valence-electron chi connectivity index (χ2n) is 6.10. The molecule has 2 N–H and O–H groups in total. The van der Waals surface area contributed by atoms with Crippen molar-refractivity contribution in [3.8, 4) is 0 Å². The molecule has 2 rings (SSSR count). The molecule has 1 saturated carbocycles. The zero-order valence-electron chi connectivity index (χ0n) is 11.0. The van der Waals surface area contributed by atoms with Crippen LogP contribution < -0.4 is 5.73 Å². The number of nitrogens with two attached hydrogens (primary N) is 1. The van der Waals surface area contributed by atoms with Gasteiger partial charge in [0.15, 0.2) is 0 Å². The van der Waals surface area contributed by atoms with Gasteiger partial charge in [0.2, 0.25) is 0 Å². The van der Waals surface area contributed by atoms with E-state index in [-0.39, 0.29) is 6.04 Å². The van der Waals surface area contributed by atoms with Crippen molar-refractivity contribution in [2.75, 3.05) is 0 Å². The molecule has 16 heavy (non-hydrogen) atoms. The molecule has 2 heteroatoms. The van der Waals surface area contributed by atoms with Gasteiger partial charge >= 0.3 is 0 Å². The monoisotopic (exact) mass is 221 g/mol. The van der Waals surface area contributed by atoms with Crippen molar-refractivity contribution in [2.24, 2.45) is 22.5 Å². The molecule has 2 nitrogen and oxygen atoms in total. The van der Waals surface area contributed by atoms with Gasteiger partial charge < -0.3 is 10.2 Å². The van der Waals surface area contributed by atoms with Crippen molar-refractivity contribution in [3.63, 3.8) is 0 Å². The first-order chi connectivity index (χ1) is 7.32. The van der Waals surface area contributed by atoms with E-state index >= 15 is 0 Å². The second-order valence-corrected chi connectivity index (χ2v) is 6.10. The summed E-state index contributed by atoms with van der Waals surface area (Å²) in [4.78, 5) is 0. The number of hydrogen-bond donors (Lipinski definition) is 1. The van der Waals surface area contributed by atoms with Crippen LogP contribution in [0.2, 0.25) is 0 Å². The van der Waals surface area contributed by atoms with Crippen LogP contribution in [0.4, 0.5) is 0 Å². The van der Waals surface area contributed by atoms with Gasteiger partial charge in [0.1, 0.15) is 11.5 Å². The van der Waals surface area contributed by atoms with Crippen molar-refractivity contribution in [3.05, 3.63) is 23.7 Å². The summed E-state index contributed by atoms with van der Waals surface area (Å²) in [6.45, 7) is 11.3. The fraction of sp³-hybridized carbons (Fsp3) is 0.714. The maximum absolute atomic E-state index is 6.33. The second kappa shape index (κ2) is 3.36. The third-order valence-corrected chi connectivity index (χ3v) is 4.85. The highest BCUT2D eigenvalue weighted by Gasteiger charge is 2.67. The predicted octanol–water partition coefficient (Wildman–Crippen LogP) is 3.52. The molecule has 0 radical (unpaired) electrons. The van der Waals surface area contributed by atoms with Crippen LogP contribution in [-0.4, -0.2) is 0 Å². The Labute approximate surface area is 98.2 Å². The first kappa shape index (κ1) is 11.7. The van der Waals surface area contributed by atoms with Crippen LogP contribution in [-0.2, 0) is 6.42 Å². The molecule has 1 aromatic rings. The van der Waals surface area contributed by atoms with Crippen LogP contribution in [0.5, 0.6) is 0 Å². The standard InChI is InChI=1S/C14H23NO/c1-6-9-7-8-10(16-9)11(15)12-13(2,3)14(12,4)5/h7-8,11-12H,6,15H2,1-5H3. The summed E-state index contributed by atoms with van der Waals surface area (Å²) in [5, 5.41) is 0.